The third-order valence-electron chi connectivity index (χ3n) is 4.73. The Labute approximate surface area is 117 Å². The van der Waals surface area contributed by atoms with Gasteiger partial charge >= 0.3 is 0 Å². The molecule has 2 heterocycles. The summed E-state index contributed by atoms with van der Waals surface area (Å²) in [5.41, 5.74) is 4.67. The smallest absolute Gasteiger partial charge is 0.0243 e. The van der Waals surface area contributed by atoms with Gasteiger partial charge in [0, 0.05) is 19.1 Å². The van der Waals surface area contributed by atoms with E-state index in [2.05, 4.69) is 42.3 Å². The largest absolute Gasteiger partial charge is 0.317 e. The zero-order chi connectivity index (χ0) is 13.2. The van der Waals surface area contributed by atoms with Gasteiger partial charge in [-0.1, -0.05) is 18.2 Å². The molecular weight excluding hydrogens is 232 g/mol. The second-order valence-corrected chi connectivity index (χ2v) is 6.50. The zero-order valence-electron chi connectivity index (χ0n) is 12.3. The van der Waals surface area contributed by atoms with Crippen molar-refractivity contribution in [3.05, 3.63) is 34.9 Å². The van der Waals surface area contributed by atoms with E-state index in [0.29, 0.717) is 6.04 Å². The van der Waals surface area contributed by atoms with Crippen molar-refractivity contribution in [2.45, 2.75) is 52.2 Å². The predicted octanol–water partition coefficient (Wildman–Crippen LogP) is 2.95. The quantitative estimate of drug-likeness (QED) is 0.896. The van der Waals surface area contributed by atoms with Crippen molar-refractivity contribution in [1.82, 2.24) is 10.2 Å². The van der Waals surface area contributed by atoms with Gasteiger partial charge in [-0.15, -0.1) is 0 Å². The van der Waals surface area contributed by atoms with Crippen LogP contribution in [-0.2, 0) is 19.5 Å². The summed E-state index contributed by atoms with van der Waals surface area (Å²) >= 11 is 0. The summed E-state index contributed by atoms with van der Waals surface area (Å²) in [6.45, 7) is 9.28. The van der Waals surface area contributed by atoms with Crippen LogP contribution in [0, 0.1) is 5.92 Å². The van der Waals surface area contributed by atoms with Gasteiger partial charge in [-0.25, -0.2) is 0 Å². The first kappa shape index (κ1) is 13.1. The minimum absolute atomic E-state index is 0.653. The minimum atomic E-state index is 0.653. The van der Waals surface area contributed by atoms with Crippen LogP contribution in [0.1, 0.15) is 43.4 Å². The van der Waals surface area contributed by atoms with Crippen molar-refractivity contribution in [2.75, 3.05) is 13.1 Å². The minimum Gasteiger partial charge on any atom is -0.317 e. The molecule has 1 aromatic carbocycles. The summed E-state index contributed by atoms with van der Waals surface area (Å²) < 4.78 is 0. The molecule has 2 heteroatoms. The van der Waals surface area contributed by atoms with Gasteiger partial charge in [0.1, 0.15) is 0 Å². The van der Waals surface area contributed by atoms with E-state index in [1.165, 1.54) is 32.4 Å². The van der Waals surface area contributed by atoms with Crippen LogP contribution in [0.25, 0.3) is 0 Å². The van der Waals surface area contributed by atoms with Gasteiger partial charge in [-0.3, -0.25) is 4.90 Å². The van der Waals surface area contributed by atoms with Crippen LogP contribution in [0.4, 0.5) is 0 Å². The van der Waals surface area contributed by atoms with Crippen molar-refractivity contribution in [3.63, 3.8) is 0 Å². The molecule has 0 aromatic heterocycles. The number of piperidine rings is 1. The van der Waals surface area contributed by atoms with E-state index >= 15 is 0 Å². The number of rotatable bonds is 3. The lowest BCUT2D eigenvalue weighted by molar-refractivity contribution is 0.227. The van der Waals surface area contributed by atoms with Crippen molar-refractivity contribution < 1.29 is 0 Å². The molecule has 0 aliphatic carbocycles. The fourth-order valence-corrected chi connectivity index (χ4v) is 3.39. The van der Waals surface area contributed by atoms with Crippen LogP contribution >= 0.6 is 0 Å². The average molecular weight is 258 g/mol. The standard InChI is InChI=1S/C17H26N2/c1-13(2)19-11-16-4-3-15(10-17(16)12-19)9-14-5-7-18-8-6-14/h3-4,10,13-14,18H,5-9,11-12H2,1-2H3. The lowest BCUT2D eigenvalue weighted by atomic mass is 9.90. The Kier molecular flexibility index (Phi) is 3.90. The van der Waals surface area contributed by atoms with Crippen LogP contribution in [0.15, 0.2) is 18.2 Å². The first-order chi connectivity index (χ1) is 9.22. The molecule has 0 atom stereocenters. The third kappa shape index (κ3) is 3.01. The summed E-state index contributed by atoms with van der Waals surface area (Å²) in [5.74, 6) is 0.891. The highest BCUT2D eigenvalue weighted by Gasteiger charge is 2.21. The highest BCUT2D eigenvalue weighted by molar-refractivity contribution is 5.35. The first-order valence-corrected chi connectivity index (χ1v) is 7.78. The van der Waals surface area contributed by atoms with Crippen LogP contribution < -0.4 is 5.32 Å². The molecule has 104 valence electrons. The molecule has 2 aliphatic rings. The molecular formula is C17H26N2. The second-order valence-electron chi connectivity index (χ2n) is 6.50. The van der Waals surface area contributed by atoms with Gasteiger partial charge in [0.25, 0.3) is 0 Å². The van der Waals surface area contributed by atoms with Gasteiger partial charge in [-0.05, 0) is 68.8 Å². The Hall–Kier alpha value is -0.860. The number of hydrogen-bond acceptors (Lipinski definition) is 2. The van der Waals surface area contributed by atoms with Crippen LogP contribution in [-0.4, -0.2) is 24.0 Å². The number of fused-ring (bicyclic) bond motifs is 1. The zero-order valence-corrected chi connectivity index (χ0v) is 12.3. The van der Waals surface area contributed by atoms with Crippen LogP contribution in [0.2, 0.25) is 0 Å². The lowest BCUT2D eigenvalue weighted by Crippen LogP contribution is -2.28. The van der Waals surface area contributed by atoms with E-state index in [-0.39, 0.29) is 0 Å². The lowest BCUT2D eigenvalue weighted by Gasteiger charge is -2.22. The van der Waals surface area contributed by atoms with E-state index in [4.69, 9.17) is 0 Å². The number of nitrogens with zero attached hydrogens (tertiary/aromatic N) is 1. The summed E-state index contributed by atoms with van der Waals surface area (Å²) in [6, 6.07) is 7.86. The SMILES string of the molecule is CC(C)N1Cc2ccc(CC3CCNCC3)cc2C1. The predicted molar refractivity (Wildman–Crippen MR) is 80.1 cm³/mol. The molecule has 2 aliphatic heterocycles. The fourth-order valence-electron chi connectivity index (χ4n) is 3.39. The van der Waals surface area contributed by atoms with Gasteiger partial charge < -0.3 is 5.32 Å². The Morgan fingerprint density at radius 1 is 1.16 bits per heavy atom. The fraction of sp³-hybridized carbons (Fsp3) is 0.647. The highest BCUT2D eigenvalue weighted by Crippen LogP contribution is 2.27. The summed E-state index contributed by atoms with van der Waals surface area (Å²) in [5, 5.41) is 3.45. The molecule has 0 amide bonds. The van der Waals surface area contributed by atoms with Crippen LogP contribution in [0.5, 0.6) is 0 Å². The molecule has 1 saturated heterocycles. The average Bonchev–Trinajstić information content (AvgIpc) is 2.83. The molecule has 0 radical (unpaired) electrons. The maximum Gasteiger partial charge on any atom is 0.0243 e. The molecule has 0 saturated carbocycles. The number of benzene rings is 1. The topological polar surface area (TPSA) is 15.3 Å². The molecule has 19 heavy (non-hydrogen) atoms. The van der Waals surface area contributed by atoms with Crippen LogP contribution in [0.3, 0.4) is 0 Å². The summed E-state index contributed by atoms with van der Waals surface area (Å²) in [7, 11) is 0. The van der Waals surface area contributed by atoms with E-state index in [0.717, 1.165) is 19.0 Å². The molecule has 1 fully saturated rings. The monoisotopic (exact) mass is 258 g/mol. The molecule has 1 aromatic rings. The van der Waals surface area contributed by atoms with Gasteiger partial charge in [0.2, 0.25) is 0 Å². The van der Waals surface area contributed by atoms with Gasteiger partial charge in [0.05, 0.1) is 0 Å². The number of nitrogens with one attached hydrogen (secondary N) is 1. The maximum atomic E-state index is 3.45. The second kappa shape index (κ2) is 5.64. The molecule has 3 rings (SSSR count). The molecule has 0 bridgehead atoms. The van der Waals surface area contributed by atoms with Crippen molar-refractivity contribution in [1.29, 1.82) is 0 Å². The molecule has 2 nitrogen and oxygen atoms in total. The van der Waals surface area contributed by atoms with E-state index in [9.17, 15) is 0 Å². The summed E-state index contributed by atoms with van der Waals surface area (Å²) in [6.07, 6.45) is 3.96. The Morgan fingerprint density at radius 3 is 2.63 bits per heavy atom. The van der Waals surface area contributed by atoms with E-state index in [1.807, 2.05) is 0 Å². The Morgan fingerprint density at radius 2 is 1.89 bits per heavy atom. The molecule has 1 N–H and O–H groups in total. The Balaban J connectivity index is 1.67. The van der Waals surface area contributed by atoms with Crippen molar-refractivity contribution in [2.24, 2.45) is 5.92 Å². The maximum absolute atomic E-state index is 3.45. The third-order valence-corrected chi connectivity index (χ3v) is 4.73. The number of hydrogen-bond donors (Lipinski definition) is 1. The highest BCUT2D eigenvalue weighted by atomic mass is 15.2. The van der Waals surface area contributed by atoms with Crippen molar-refractivity contribution >= 4 is 0 Å². The first-order valence-electron chi connectivity index (χ1n) is 7.78. The van der Waals surface area contributed by atoms with Gasteiger partial charge in [0.15, 0.2) is 0 Å². The normalized spacial score (nSPS) is 21.0. The van der Waals surface area contributed by atoms with E-state index in [1.54, 1.807) is 16.7 Å². The molecule has 0 unspecified atom stereocenters. The summed E-state index contributed by atoms with van der Waals surface area (Å²) in [4.78, 5) is 2.55. The van der Waals surface area contributed by atoms with E-state index < -0.39 is 0 Å². The van der Waals surface area contributed by atoms with Crippen molar-refractivity contribution in [3.8, 4) is 0 Å². The van der Waals surface area contributed by atoms with Gasteiger partial charge in [-0.2, -0.15) is 0 Å². The molecule has 0 spiro atoms. The Bertz CT molecular complexity index is 433.